The third kappa shape index (κ3) is 6.93. The molecule has 0 fully saturated rings. The number of nitrogens with one attached hydrogen (secondary N) is 1. The van der Waals surface area contributed by atoms with Gasteiger partial charge in [0.05, 0.1) is 19.9 Å². The number of hydrogen-bond donors (Lipinski definition) is 3. The summed E-state index contributed by atoms with van der Waals surface area (Å²) in [6.07, 6.45) is 4.16. The Morgan fingerprint density at radius 2 is 1.89 bits per heavy atom. The van der Waals surface area contributed by atoms with Gasteiger partial charge in [-0.15, -0.1) is 0 Å². The molecule has 8 heteroatoms. The number of carbonyl (C=O) groups is 1. The molecule has 0 amide bonds. The summed E-state index contributed by atoms with van der Waals surface area (Å²) >= 11 is 0. The van der Waals surface area contributed by atoms with Crippen LogP contribution in [0.25, 0.3) is 21.9 Å². The normalized spacial score (nSPS) is 17.8. The summed E-state index contributed by atoms with van der Waals surface area (Å²) in [6, 6.07) is 13.0. The lowest BCUT2D eigenvalue weighted by molar-refractivity contribution is -0.122. The van der Waals surface area contributed by atoms with Crippen molar-refractivity contribution in [3.05, 3.63) is 53.6 Å². The predicted octanol–water partition coefficient (Wildman–Crippen LogP) is 6.45. The molecule has 3 aromatic rings. The summed E-state index contributed by atoms with van der Waals surface area (Å²) < 4.78 is 11.6. The molecular weight excluding hydrogens is 506 g/mol. The average molecular weight is 542 g/mol. The molecule has 0 radical (unpaired) electrons. The van der Waals surface area contributed by atoms with E-state index in [1.807, 2.05) is 42.1 Å². The third-order valence-corrected chi connectivity index (χ3v) is 9.08. The number of Topliss-reactive ketones (excluding diaryl/α,β-unsaturated/α-hetero) is 1. The molecule has 37 heavy (non-hydrogen) atoms. The zero-order valence-electron chi connectivity index (χ0n) is 21.4. The largest absolute Gasteiger partial charge is 0.508 e. The van der Waals surface area contributed by atoms with Gasteiger partial charge in [0.1, 0.15) is 11.5 Å². The summed E-state index contributed by atoms with van der Waals surface area (Å²) in [5.74, 6) is 2.58. The highest BCUT2D eigenvalue weighted by Gasteiger charge is 2.22. The number of aromatic hydroxyl groups is 2. The van der Waals surface area contributed by atoms with Crippen molar-refractivity contribution >= 4 is 38.1 Å². The number of aryl methyl sites for hydroxylation is 1. The Hall–Kier alpha value is -2.39. The highest BCUT2D eigenvalue weighted by Crippen LogP contribution is 2.45. The van der Waals surface area contributed by atoms with E-state index in [1.165, 1.54) is 0 Å². The van der Waals surface area contributed by atoms with Gasteiger partial charge in [0.2, 0.25) is 0 Å². The number of hydrogen-bond acceptors (Lipinski definition) is 8. The molecule has 0 spiro atoms. The average Bonchev–Trinajstić information content (AvgIpc) is 2.89. The van der Waals surface area contributed by atoms with Gasteiger partial charge in [0.25, 0.3) is 0 Å². The third-order valence-electron chi connectivity index (χ3n) is 6.70. The molecule has 0 saturated heterocycles. The van der Waals surface area contributed by atoms with Crippen molar-refractivity contribution in [2.24, 2.45) is 0 Å². The monoisotopic (exact) mass is 541 g/mol. The number of fused-ring (bicyclic) bond motifs is 5. The summed E-state index contributed by atoms with van der Waals surface area (Å²) in [6.45, 7) is 0.433. The molecule has 1 heterocycles. The van der Waals surface area contributed by atoms with Crippen LogP contribution in [0.3, 0.4) is 0 Å². The fraction of sp³-hybridized carbons (Fsp3) is 0.414. The molecule has 1 atom stereocenters. The van der Waals surface area contributed by atoms with Crippen LogP contribution in [0.1, 0.15) is 43.2 Å². The van der Waals surface area contributed by atoms with Gasteiger partial charge in [-0.3, -0.25) is 10.1 Å². The van der Waals surface area contributed by atoms with Crippen molar-refractivity contribution in [2.75, 3.05) is 26.6 Å². The molecule has 1 aliphatic rings. The van der Waals surface area contributed by atoms with Crippen LogP contribution in [0.4, 0.5) is 0 Å². The van der Waals surface area contributed by atoms with Crippen LogP contribution >= 0.6 is 21.6 Å². The lowest BCUT2D eigenvalue weighted by Gasteiger charge is -2.21. The Morgan fingerprint density at radius 3 is 2.70 bits per heavy atom. The van der Waals surface area contributed by atoms with Crippen LogP contribution in [0.15, 0.2) is 42.5 Å². The van der Waals surface area contributed by atoms with Crippen LogP contribution in [-0.2, 0) is 21.7 Å². The van der Waals surface area contributed by atoms with E-state index in [2.05, 4.69) is 11.4 Å². The SMILES string of the molecule is CNCO[C@@H]1CCCCSSCc2c(ccc3ccc(O)cc23)-c2c(ccc(O)c2OC)CCC(=O)C1. The first kappa shape index (κ1) is 27.6. The quantitative estimate of drug-likeness (QED) is 0.257. The van der Waals surface area contributed by atoms with Crippen molar-refractivity contribution in [1.29, 1.82) is 0 Å². The Bertz CT molecular complexity index is 1230. The zero-order valence-corrected chi connectivity index (χ0v) is 23.1. The van der Waals surface area contributed by atoms with Crippen molar-refractivity contribution < 1.29 is 24.5 Å². The van der Waals surface area contributed by atoms with Gasteiger partial charge in [0.15, 0.2) is 11.5 Å². The van der Waals surface area contributed by atoms with Crippen LogP contribution in [0.5, 0.6) is 17.2 Å². The maximum Gasteiger partial charge on any atom is 0.168 e. The lowest BCUT2D eigenvalue weighted by atomic mass is 9.89. The number of phenols is 2. The first-order chi connectivity index (χ1) is 18.0. The van der Waals surface area contributed by atoms with Crippen molar-refractivity contribution in [3.8, 4) is 28.4 Å². The number of ketones is 1. The smallest absolute Gasteiger partial charge is 0.168 e. The Balaban J connectivity index is 1.79. The zero-order chi connectivity index (χ0) is 26.2. The summed E-state index contributed by atoms with van der Waals surface area (Å²) in [4.78, 5) is 13.0. The van der Waals surface area contributed by atoms with Crippen molar-refractivity contribution in [3.63, 3.8) is 0 Å². The van der Waals surface area contributed by atoms with Gasteiger partial charge < -0.3 is 19.7 Å². The van der Waals surface area contributed by atoms with Gasteiger partial charge in [-0.05, 0) is 72.0 Å². The number of methoxy groups -OCH3 is 1. The number of rotatable bonds is 4. The van der Waals surface area contributed by atoms with E-state index in [9.17, 15) is 15.0 Å². The highest BCUT2D eigenvalue weighted by molar-refractivity contribution is 8.76. The van der Waals surface area contributed by atoms with Gasteiger partial charge >= 0.3 is 0 Å². The number of phenolic OH excluding ortho intramolecular Hbond substituents is 2. The minimum Gasteiger partial charge on any atom is -0.508 e. The second kappa shape index (κ2) is 13.4. The molecule has 0 saturated carbocycles. The maximum absolute atomic E-state index is 13.0. The second-order valence-electron chi connectivity index (χ2n) is 9.26. The molecule has 3 aromatic carbocycles. The summed E-state index contributed by atoms with van der Waals surface area (Å²) in [5, 5.41) is 26.0. The molecule has 0 unspecified atom stereocenters. The Kier molecular flexibility index (Phi) is 10.0. The lowest BCUT2D eigenvalue weighted by Crippen LogP contribution is -2.23. The molecule has 0 aromatic heterocycles. The summed E-state index contributed by atoms with van der Waals surface area (Å²) in [7, 11) is 7.03. The first-order valence-corrected chi connectivity index (χ1v) is 15.2. The Morgan fingerprint density at radius 1 is 1.05 bits per heavy atom. The summed E-state index contributed by atoms with van der Waals surface area (Å²) in [5.41, 5.74) is 3.77. The van der Waals surface area contributed by atoms with Gasteiger partial charge in [-0.2, -0.15) is 0 Å². The van der Waals surface area contributed by atoms with E-state index in [0.717, 1.165) is 63.8 Å². The topological polar surface area (TPSA) is 88.0 Å². The molecule has 0 bridgehead atoms. The van der Waals surface area contributed by atoms with Crippen LogP contribution < -0.4 is 10.1 Å². The number of ether oxygens (including phenoxy) is 2. The molecule has 1 aliphatic heterocycles. The standard InChI is InChI=1S/C29H35NO5S2/c1-30-18-35-23-5-3-4-14-36-37-17-26-24(12-8-19-6-10-22(32)16-25(19)26)28-20(7-11-21(31)15-23)9-13-27(33)29(28)34-2/h6,8-10,12-13,16,23,30,32-33H,3-5,7,11,14-15,17-18H2,1-2H3/t23-/m1/s1. The van der Waals surface area contributed by atoms with E-state index in [4.69, 9.17) is 9.47 Å². The van der Waals surface area contributed by atoms with Crippen LogP contribution in [0, 0.1) is 0 Å². The maximum atomic E-state index is 13.0. The van der Waals surface area contributed by atoms with E-state index < -0.39 is 0 Å². The van der Waals surface area contributed by atoms with Crippen molar-refractivity contribution in [2.45, 2.75) is 50.4 Å². The van der Waals surface area contributed by atoms with Crippen LogP contribution in [-0.4, -0.2) is 48.7 Å². The Labute approximate surface area is 226 Å². The molecule has 6 nitrogen and oxygen atoms in total. The first-order valence-electron chi connectivity index (χ1n) is 12.7. The fourth-order valence-corrected chi connectivity index (χ4v) is 7.11. The van der Waals surface area contributed by atoms with Gasteiger partial charge in [0, 0.05) is 29.9 Å². The van der Waals surface area contributed by atoms with Gasteiger partial charge in [-0.25, -0.2) is 0 Å². The number of benzene rings is 3. The molecule has 4 rings (SSSR count). The molecule has 198 valence electrons. The molecule has 0 aliphatic carbocycles. The van der Waals surface area contributed by atoms with Crippen LogP contribution in [0.2, 0.25) is 0 Å². The predicted molar refractivity (Wildman–Crippen MR) is 154 cm³/mol. The number of carbonyl (C=O) groups excluding carboxylic acids is 1. The van der Waals surface area contributed by atoms with Gasteiger partial charge in [-0.1, -0.05) is 52.3 Å². The molecule has 3 N–H and O–H groups in total. The van der Waals surface area contributed by atoms with E-state index in [-0.39, 0.29) is 23.4 Å². The highest BCUT2D eigenvalue weighted by atomic mass is 33.1. The minimum absolute atomic E-state index is 0.0616. The van der Waals surface area contributed by atoms with E-state index in [1.54, 1.807) is 30.0 Å². The van der Waals surface area contributed by atoms with E-state index in [0.29, 0.717) is 31.7 Å². The fourth-order valence-electron chi connectivity index (χ4n) is 4.85. The minimum atomic E-state index is -0.0842. The second-order valence-corrected chi connectivity index (χ2v) is 11.8. The van der Waals surface area contributed by atoms with E-state index >= 15 is 0 Å². The van der Waals surface area contributed by atoms with Crippen molar-refractivity contribution in [1.82, 2.24) is 5.32 Å². The molecular formula is C29H35NO5S2.